The van der Waals surface area contributed by atoms with Crippen LogP contribution in [-0.4, -0.2) is 35.4 Å². The molecular weight excluding hydrogens is 460 g/mol. The van der Waals surface area contributed by atoms with Gasteiger partial charge in [-0.15, -0.1) is 0 Å². The van der Waals surface area contributed by atoms with E-state index in [1.165, 1.54) is 0 Å². The Bertz CT molecular complexity index is 1050. The van der Waals surface area contributed by atoms with Crippen molar-refractivity contribution in [1.82, 2.24) is 0 Å². The van der Waals surface area contributed by atoms with Crippen LogP contribution in [0.4, 0.5) is 0 Å². The fourth-order valence-corrected chi connectivity index (χ4v) is 5.28. The highest BCUT2D eigenvalue weighted by Gasteiger charge is 2.25. The van der Waals surface area contributed by atoms with E-state index in [1.54, 1.807) is 0 Å². The molecule has 12 N–H and O–H groups in total. The van der Waals surface area contributed by atoms with Crippen LogP contribution in [0.15, 0.2) is 34.1 Å². The van der Waals surface area contributed by atoms with Gasteiger partial charge in [0.05, 0.1) is 22.3 Å². The SMILES string of the molecule is NC(=O)c1cc(C(N)=O)c(SSc2c(C(N)=O)cc(C(N)=O)cc2C(N)=O)c(C(N)=O)c1. The van der Waals surface area contributed by atoms with E-state index in [2.05, 4.69) is 0 Å². The molecule has 0 fully saturated rings. The number of carbonyl (C=O) groups excluding carboxylic acids is 6. The predicted octanol–water partition coefficient (Wildman–Crippen LogP) is -0.921. The molecule has 14 heteroatoms. The van der Waals surface area contributed by atoms with Crippen molar-refractivity contribution in [3.8, 4) is 0 Å². The summed E-state index contributed by atoms with van der Waals surface area (Å²) in [6.45, 7) is 0. The van der Waals surface area contributed by atoms with Crippen molar-refractivity contribution >= 4 is 57.0 Å². The second kappa shape index (κ2) is 9.40. The average Bonchev–Trinajstić information content (AvgIpc) is 2.70. The first-order valence-corrected chi connectivity index (χ1v) is 10.5. The van der Waals surface area contributed by atoms with Crippen LogP contribution in [0.5, 0.6) is 0 Å². The Hall–Kier alpha value is -4.04. The second-order valence-corrected chi connectivity index (χ2v) is 8.30. The molecule has 0 unspecified atom stereocenters. The number of nitrogens with two attached hydrogens (primary N) is 6. The lowest BCUT2D eigenvalue weighted by Crippen LogP contribution is -2.22. The van der Waals surface area contributed by atoms with Gasteiger partial charge < -0.3 is 34.4 Å². The van der Waals surface area contributed by atoms with E-state index < -0.39 is 35.4 Å². The van der Waals surface area contributed by atoms with Crippen molar-refractivity contribution in [2.45, 2.75) is 9.79 Å². The van der Waals surface area contributed by atoms with Crippen LogP contribution in [-0.2, 0) is 0 Å². The van der Waals surface area contributed by atoms with Gasteiger partial charge in [-0.05, 0) is 24.3 Å². The van der Waals surface area contributed by atoms with Crippen LogP contribution in [0.1, 0.15) is 62.1 Å². The number of benzene rings is 2. The van der Waals surface area contributed by atoms with Crippen LogP contribution in [0, 0.1) is 0 Å². The standard InChI is InChI=1S/C18H16N6O6S2/c19-13(25)5-1-7(15(21)27)11(8(2-5)16(22)28)31-32-12-9(17(23)29)3-6(14(20)26)4-10(12)18(24)30/h1-4H,(H2,19,25)(H2,20,26)(H2,21,27)(H2,22,28)(H2,23,29)(H2,24,30). The van der Waals surface area contributed by atoms with E-state index in [-0.39, 0.29) is 43.2 Å². The number of hydrogen-bond donors (Lipinski definition) is 6. The van der Waals surface area contributed by atoms with Crippen molar-refractivity contribution in [1.29, 1.82) is 0 Å². The molecule has 12 nitrogen and oxygen atoms in total. The molecule has 2 aromatic carbocycles. The maximum atomic E-state index is 11.9. The summed E-state index contributed by atoms with van der Waals surface area (Å²) in [5, 5.41) is 0. The zero-order valence-corrected chi connectivity index (χ0v) is 17.7. The van der Waals surface area contributed by atoms with Crippen LogP contribution in [0.2, 0.25) is 0 Å². The van der Waals surface area contributed by atoms with Gasteiger partial charge in [0.1, 0.15) is 0 Å². The lowest BCUT2D eigenvalue weighted by Gasteiger charge is -2.15. The predicted molar refractivity (Wildman–Crippen MR) is 116 cm³/mol. The highest BCUT2D eigenvalue weighted by Crippen LogP contribution is 2.44. The Labute approximate surface area is 187 Å². The minimum absolute atomic E-state index is 0.0650. The van der Waals surface area contributed by atoms with Crippen molar-refractivity contribution in [3.63, 3.8) is 0 Å². The maximum Gasteiger partial charge on any atom is 0.249 e. The van der Waals surface area contributed by atoms with Gasteiger partial charge in [0.15, 0.2) is 0 Å². The third-order valence-electron chi connectivity index (χ3n) is 4.02. The van der Waals surface area contributed by atoms with Crippen molar-refractivity contribution in [3.05, 3.63) is 57.6 Å². The summed E-state index contributed by atoms with van der Waals surface area (Å²) < 4.78 is 0. The maximum absolute atomic E-state index is 11.9. The molecule has 0 aliphatic carbocycles. The van der Waals surface area contributed by atoms with Gasteiger partial charge in [-0.1, -0.05) is 21.6 Å². The molecule has 166 valence electrons. The molecule has 2 rings (SSSR count). The molecule has 32 heavy (non-hydrogen) atoms. The van der Waals surface area contributed by atoms with Gasteiger partial charge in [0.2, 0.25) is 35.4 Å². The molecule has 6 amide bonds. The number of amides is 6. The summed E-state index contributed by atoms with van der Waals surface area (Å²) in [5.74, 6) is -5.90. The lowest BCUT2D eigenvalue weighted by molar-refractivity contribution is 0.0973. The summed E-state index contributed by atoms with van der Waals surface area (Å²) in [6.07, 6.45) is 0. The Morgan fingerprint density at radius 1 is 0.438 bits per heavy atom. The monoisotopic (exact) mass is 476 g/mol. The molecule has 0 aliphatic rings. The molecule has 0 saturated carbocycles. The molecule has 0 bridgehead atoms. The number of primary amides is 6. The Morgan fingerprint density at radius 2 is 0.656 bits per heavy atom. The Kier molecular flexibility index (Phi) is 7.12. The van der Waals surface area contributed by atoms with Gasteiger partial charge >= 0.3 is 0 Å². The number of hydrogen-bond acceptors (Lipinski definition) is 8. The normalized spacial score (nSPS) is 10.4. The van der Waals surface area contributed by atoms with Crippen molar-refractivity contribution in [2.24, 2.45) is 34.4 Å². The van der Waals surface area contributed by atoms with E-state index in [1.807, 2.05) is 0 Å². The molecule has 0 aromatic heterocycles. The third kappa shape index (κ3) is 4.98. The lowest BCUT2D eigenvalue weighted by atomic mass is 10.0. The Balaban J connectivity index is 2.71. The highest BCUT2D eigenvalue weighted by atomic mass is 33.1. The smallest absolute Gasteiger partial charge is 0.249 e. The summed E-state index contributed by atoms with van der Waals surface area (Å²) in [4.78, 5) is 70.7. The average molecular weight is 476 g/mol. The number of carbonyl (C=O) groups is 6. The summed E-state index contributed by atoms with van der Waals surface area (Å²) in [5.41, 5.74) is 30.5. The largest absolute Gasteiger partial charge is 0.366 e. The van der Waals surface area contributed by atoms with Crippen molar-refractivity contribution < 1.29 is 28.8 Å². The molecule has 0 radical (unpaired) electrons. The molecule has 0 aliphatic heterocycles. The van der Waals surface area contributed by atoms with Crippen LogP contribution >= 0.6 is 21.6 Å². The Morgan fingerprint density at radius 3 is 0.812 bits per heavy atom. The minimum Gasteiger partial charge on any atom is -0.366 e. The van der Waals surface area contributed by atoms with E-state index in [9.17, 15) is 28.8 Å². The number of rotatable bonds is 9. The molecule has 2 aromatic rings. The van der Waals surface area contributed by atoms with Crippen LogP contribution in [0.3, 0.4) is 0 Å². The van der Waals surface area contributed by atoms with E-state index in [0.29, 0.717) is 21.6 Å². The first-order valence-electron chi connectivity index (χ1n) is 8.34. The molecule has 0 saturated heterocycles. The quantitative estimate of drug-likeness (QED) is 0.246. The van der Waals surface area contributed by atoms with E-state index in [4.69, 9.17) is 34.4 Å². The van der Waals surface area contributed by atoms with Gasteiger partial charge in [0, 0.05) is 20.9 Å². The second-order valence-electron chi connectivity index (χ2n) is 6.15. The van der Waals surface area contributed by atoms with Gasteiger partial charge in [-0.25, -0.2) is 0 Å². The van der Waals surface area contributed by atoms with E-state index in [0.717, 1.165) is 24.3 Å². The van der Waals surface area contributed by atoms with Crippen LogP contribution in [0.25, 0.3) is 0 Å². The molecule has 0 spiro atoms. The minimum atomic E-state index is -1.01. The van der Waals surface area contributed by atoms with E-state index >= 15 is 0 Å². The zero-order chi connectivity index (χ0) is 24.3. The van der Waals surface area contributed by atoms with Crippen molar-refractivity contribution in [2.75, 3.05) is 0 Å². The zero-order valence-electron chi connectivity index (χ0n) is 16.0. The van der Waals surface area contributed by atoms with Gasteiger partial charge in [-0.2, -0.15) is 0 Å². The summed E-state index contributed by atoms with van der Waals surface area (Å²) in [7, 11) is 1.42. The summed E-state index contributed by atoms with van der Waals surface area (Å²) in [6, 6.07) is 4.28. The molecular formula is C18H16N6O6S2. The first-order chi connectivity index (χ1) is 14.8. The fraction of sp³-hybridized carbons (Fsp3) is 0. The molecule has 0 heterocycles. The van der Waals surface area contributed by atoms with Gasteiger partial charge in [0.25, 0.3) is 0 Å². The highest BCUT2D eigenvalue weighted by molar-refractivity contribution is 8.76. The molecule has 0 atom stereocenters. The first kappa shape index (κ1) is 24.2. The van der Waals surface area contributed by atoms with Crippen LogP contribution < -0.4 is 34.4 Å². The van der Waals surface area contributed by atoms with Gasteiger partial charge in [-0.3, -0.25) is 28.8 Å². The third-order valence-corrected chi connectivity index (χ3v) is 6.56. The summed E-state index contributed by atoms with van der Waals surface area (Å²) >= 11 is 0. The fourth-order valence-electron chi connectivity index (χ4n) is 2.54. The topological polar surface area (TPSA) is 259 Å².